The van der Waals surface area contributed by atoms with Gasteiger partial charge in [0.25, 0.3) is 0 Å². The first-order chi connectivity index (χ1) is 16.0. The molecule has 170 valence electrons. The van der Waals surface area contributed by atoms with E-state index < -0.39 is 9.84 Å². The second-order valence-corrected chi connectivity index (χ2v) is 11.9. The molecule has 0 saturated carbocycles. The monoisotopic (exact) mass is 499 g/mol. The lowest BCUT2D eigenvalue weighted by Gasteiger charge is -2.27. The topological polar surface area (TPSA) is 93.4 Å². The van der Waals surface area contributed by atoms with Crippen molar-refractivity contribution in [2.75, 3.05) is 17.3 Å². The molecule has 0 aliphatic carbocycles. The van der Waals surface area contributed by atoms with Crippen LogP contribution in [0.2, 0.25) is 0 Å². The second-order valence-electron chi connectivity index (χ2n) is 7.79. The highest BCUT2D eigenvalue weighted by atomic mass is 32.2. The summed E-state index contributed by atoms with van der Waals surface area (Å²) >= 11 is 2.92. The molecule has 7 nitrogen and oxygen atoms in total. The van der Waals surface area contributed by atoms with Crippen molar-refractivity contribution in [2.24, 2.45) is 0 Å². The Labute approximate surface area is 199 Å². The molecule has 3 aromatic heterocycles. The fourth-order valence-corrected chi connectivity index (χ4v) is 7.19. The Morgan fingerprint density at radius 1 is 1.15 bits per heavy atom. The van der Waals surface area contributed by atoms with Gasteiger partial charge in [0.2, 0.25) is 5.91 Å². The first kappa shape index (κ1) is 22.1. The molecule has 1 atom stereocenters. The summed E-state index contributed by atoms with van der Waals surface area (Å²) in [5.41, 5.74) is 0.820. The van der Waals surface area contributed by atoms with Crippen LogP contribution < -0.4 is 0 Å². The van der Waals surface area contributed by atoms with E-state index in [9.17, 15) is 13.2 Å². The summed E-state index contributed by atoms with van der Waals surface area (Å²) in [4.78, 5) is 25.3. The number of furan rings is 1. The number of amides is 1. The van der Waals surface area contributed by atoms with Crippen molar-refractivity contribution in [3.63, 3.8) is 0 Å². The average Bonchev–Trinajstić information content (AvgIpc) is 3.57. The van der Waals surface area contributed by atoms with E-state index in [0.29, 0.717) is 18.0 Å². The smallest absolute Gasteiger partial charge is 0.233 e. The molecule has 5 rings (SSSR count). The van der Waals surface area contributed by atoms with Crippen LogP contribution in [0.15, 0.2) is 69.6 Å². The SMILES string of the molecule is O=C(CSc1nc(-c2cccs2)nc2ccccc12)N(Cc1ccco1)C1CCS(=O)(=O)C1. The summed E-state index contributed by atoms with van der Waals surface area (Å²) < 4.78 is 29.6. The summed E-state index contributed by atoms with van der Waals surface area (Å²) in [6.07, 6.45) is 2.00. The van der Waals surface area contributed by atoms with Gasteiger partial charge in [-0.15, -0.1) is 11.3 Å². The Bertz CT molecular complexity index is 1370. The number of carbonyl (C=O) groups excluding carboxylic acids is 1. The van der Waals surface area contributed by atoms with E-state index in [2.05, 4.69) is 4.98 Å². The quantitative estimate of drug-likeness (QED) is 0.277. The van der Waals surface area contributed by atoms with Crippen molar-refractivity contribution in [3.8, 4) is 10.7 Å². The van der Waals surface area contributed by atoms with E-state index in [-0.39, 0.29) is 35.8 Å². The Hall–Kier alpha value is -2.69. The van der Waals surface area contributed by atoms with Gasteiger partial charge in [-0.1, -0.05) is 36.0 Å². The van der Waals surface area contributed by atoms with Gasteiger partial charge in [0.1, 0.15) is 10.8 Å². The lowest BCUT2D eigenvalue weighted by atomic mass is 10.2. The van der Waals surface area contributed by atoms with Crippen LogP contribution in [0, 0.1) is 0 Å². The van der Waals surface area contributed by atoms with Crippen molar-refractivity contribution in [3.05, 3.63) is 65.9 Å². The van der Waals surface area contributed by atoms with E-state index >= 15 is 0 Å². The number of sulfone groups is 1. The molecular formula is C23H21N3O4S3. The number of rotatable bonds is 7. The number of aromatic nitrogens is 2. The summed E-state index contributed by atoms with van der Waals surface area (Å²) in [5, 5.41) is 3.60. The van der Waals surface area contributed by atoms with Gasteiger partial charge in [0.05, 0.1) is 40.5 Å². The van der Waals surface area contributed by atoms with E-state index in [1.807, 2.05) is 41.8 Å². The zero-order valence-electron chi connectivity index (χ0n) is 17.6. The van der Waals surface area contributed by atoms with Crippen LogP contribution in [-0.2, 0) is 21.2 Å². The van der Waals surface area contributed by atoms with Crippen LogP contribution in [0.25, 0.3) is 21.6 Å². The van der Waals surface area contributed by atoms with Crippen LogP contribution in [0.1, 0.15) is 12.2 Å². The predicted molar refractivity (Wildman–Crippen MR) is 130 cm³/mol. The van der Waals surface area contributed by atoms with E-state index in [4.69, 9.17) is 9.40 Å². The van der Waals surface area contributed by atoms with Gasteiger partial charge in [-0.2, -0.15) is 0 Å². The number of hydrogen-bond acceptors (Lipinski definition) is 8. The third-order valence-electron chi connectivity index (χ3n) is 5.52. The minimum atomic E-state index is -3.13. The first-order valence-corrected chi connectivity index (χ1v) is 14.1. The van der Waals surface area contributed by atoms with E-state index in [1.54, 1.807) is 34.6 Å². The van der Waals surface area contributed by atoms with Crippen LogP contribution in [0.3, 0.4) is 0 Å². The van der Waals surface area contributed by atoms with Gasteiger partial charge < -0.3 is 9.32 Å². The molecule has 0 N–H and O–H groups in total. The number of thioether (sulfide) groups is 1. The van der Waals surface area contributed by atoms with Gasteiger partial charge in [-0.25, -0.2) is 18.4 Å². The van der Waals surface area contributed by atoms with Crippen LogP contribution in [0.5, 0.6) is 0 Å². The summed E-state index contributed by atoms with van der Waals surface area (Å²) in [6.45, 7) is 0.248. The fourth-order valence-electron chi connectivity index (χ4n) is 3.90. The molecule has 1 fully saturated rings. The van der Waals surface area contributed by atoms with Gasteiger partial charge in [0.15, 0.2) is 15.7 Å². The molecule has 1 amide bonds. The standard InChI is InChI=1S/C23H21N3O4S3/c27-21(26(13-17-5-3-10-30-17)16-9-12-33(28,29)15-16)14-32-23-18-6-1-2-7-19(18)24-22(25-23)20-8-4-11-31-20/h1-8,10-11,16H,9,12-15H2. The highest BCUT2D eigenvalue weighted by molar-refractivity contribution is 8.00. The van der Waals surface area contributed by atoms with Gasteiger partial charge in [0, 0.05) is 11.4 Å². The maximum Gasteiger partial charge on any atom is 0.233 e. The van der Waals surface area contributed by atoms with Crippen LogP contribution >= 0.6 is 23.1 Å². The molecule has 0 radical (unpaired) electrons. The molecule has 1 aliphatic rings. The van der Waals surface area contributed by atoms with Crippen molar-refractivity contribution in [2.45, 2.75) is 24.0 Å². The summed E-state index contributed by atoms with van der Waals surface area (Å²) in [7, 11) is -3.13. The minimum absolute atomic E-state index is 0.0108. The number of benzene rings is 1. The number of fused-ring (bicyclic) bond motifs is 1. The number of carbonyl (C=O) groups is 1. The average molecular weight is 500 g/mol. The largest absolute Gasteiger partial charge is 0.467 e. The Kier molecular flexibility index (Phi) is 6.22. The van der Waals surface area contributed by atoms with Crippen molar-refractivity contribution in [1.29, 1.82) is 0 Å². The number of hydrogen-bond donors (Lipinski definition) is 0. The molecule has 0 spiro atoms. The predicted octanol–water partition coefficient (Wildman–Crippen LogP) is 4.26. The van der Waals surface area contributed by atoms with Gasteiger partial charge >= 0.3 is 0 Å². The Balaban J connectivity index is 1.40. The normalized spacial score (nSPS) is 17.4. The van der Waals surface area contributed by atoms with E-state index in [0.717, 1.165) is 20.8 Å². The lowest BCUT2D eigenvalue weighted by molar-refractivity contribution is -0.131. The maximum atomic E-state index is 13.3. The molecule has 33 heavy (non-hydrogen) atoms. The third-order valence-corrected chi connectivity index (χ3v) is 9.11. The molecule has 4 aromatic rings. The molecule has 10 heteroatoms. The van der Waals surface area contributed by atoms with Crippen LogP contribution in [0.4, 0.5) is 0 Å². The molecule has 1 aromatic carbocycles. The van der Waals surface area contributed by atoms with E-state index in [1.165, 1.54) is 11.8 Å². The fraction of sp³-hybridized carbons (Fsp3) is 0.261. The molecule has 1 unspecified atom stereocenters. The Morgan fingerprint density at radius 2 is 2.03 bits per heavy atom. The number of nitrogens with zero attached hydrogens (tertiary/aromatic N) is 3. The molecule has 4 heterocycles. The van der Waals surface area contributed by atoms with Crippen molar-refractivity contribution in [1.82, 2.24) is 14.9 Å². The third kappa shape index (κ3) is 4.97. The molecule has 1 saturated heterocycles. The molecular weight excluding hydrogens is 478 g/mol. The van der Waals surface area contributed by atoms with Gasteiger partial charge in [-0.05, 0) is 36.1 Å². The molecule has 1 aliphatic heterocycles. The number of para-hydroxylation sites is 1. The van der Waals surface area contributed by atoms with Crippen molar-refractivity contribution >= 4 is 49.7 Å². The maximum absolute atomic E-state index is 13.3. The minimum Gasteiger partial charge on any atom is -0.467 e. The molecule has 0 bridgehead atoms. The lowest BCUT2D eigenvalue weighted by Crippen LogP contribution is -2.41. The Morgan fingerprint density at radius 3 is 2.76 bits per heavy atom. The number of thiophene rings is 1. The van der Waals surface area contributed by atoms with Crippen molar-refractivity contribution < 1.29 is 17.6 Å². The van der Waals surface area contributed by atoms with Crippen LogP contribution in [-0.4, -0.2) is 52.5 Å². The zero-order valence-corrected chi connectivity index (χ0v) is 20.0. The van der Waals surface area contributed by atoms with Gasteiger partial charge in [-0.3, -0.25) is 4.79 Å². The second kappa shape index (κ2) is 9.28. The highest BCUT2D eigenvalue weighted by Crippen LogP contribution is 2.31. The summed E-state index contributed by atoms with van der Waals surface area (Å²) in [6, 6.07) is 14.9. The summed E-state index contributed by atoms with van der Waals surface area (Å²) in [5.74, 6) is 1.36. The highest BCUT2D eigenvalue weighted by Gasteiger charge is 2.35. The first-order valence-electron chi connectivity index (χ1n) is 10.4. The zero-order chi connectivity index (χ0) is 22.8.